The Bertz CT molecular complexity index is 285. The molecule has 64 valence electrons. The number of rotatable bonds is 3. The van der Waals surface area contributed by atoms with Crippen LogP contribution >= 0.6 is 11.6 Å². The summed E-state index contributed by atoms with van der Waals surface area (Å²) in [5.74, 6) is 0.719. The summed E-state index contributed by atoms with van der Waals surface area (Å²) in [4.78, 5) is 0. The van der Waals surface area contributed by atoms with E-state index in [-0.39, 0.29) is 0 Å². The maximum Gasteiger partial charge on any atom is 0.149 e. The minimum Gasteiger partial charge on any atom is -0.364 e. The van der Waals surface area contributed by atoms with Crippen LogP contribution in [0.3, 0.4) is 0 Å². The van der Waals surface area contributed by atoms with Crippen LogP contribution in [0, 0.1) is 6.92 Å². The van der Waals surface area contributed by atoms with Crippen LogP contribution in [0.15, 0.2) is 23.9 Å². The Morgan fingerprint density at radius 3 is 3.08 bits per heavy atom. The van der Waals surface area contributed by atoms with Crippen LogP contribution in [0.2, 0.25) is 0 Å². The van der Waals surface area contributed by atoms with Gasteiger partial charge in [-0.05, 0) is 18.6 Å². The van der Waals surface area contributed by atoms with Crippen LogP contribution in [0.25, 0.3) is 0 Å². The molecule has 4 heteroatoms. The van der Waals surface area contributed by atoms with Crippen molar-refractivity contribution < 1.29 is 0 Å². The van der Waals surface area contributed by atoms with Gasteiger partial charge in [0.05, 0.1) is 12.7 Å². The summed E-state index contributed by atoms with van der Waals surface area (Å²) in [5, 5.41) is 11.2. The van der Waals surface area contributed by atoms with E-state index in [1.807, 2.05) is 13.0 Å². The maximum atomic E-state index is 5.56. The van der Waals surface area contributed by atoms with Gasteiger partial charge in [-0.2, -0.15) is 5.10 Å². The van der Waals surface area contributed by atoms with Gasteiger partial charge in [0.25, 0.3) is 0 Å². The first-order valence-electron chi connectivity index (χ1n) is 3.55. The lowest BCUT2D eigenvalue weighted by Gasteiger charge is -2.02. The van der Waals surface area contributed by atoms with Gasteiger partial charge in [0.15, 0.2) is 0 Å². The fraction of sp³-hybridized carbons (Fsp3) is 0.250. The maximum absolute atomic E-state index is 5.56. The molecule has 0 atom stereocenters. The Morgan fingerprint density at radius 1 is 1.75 bits per heavy atom. The first kappa shape index (κ1) is 9.00. The van der Waals surface area contributed by atoms with E-state index in [0.29, 0.717) is 11.6 Å². The van der Waals surface area contributed by atoms with E-state index in [9.17, 15) is 0 Å². The molecule has 0 aromatic carbocycles. The summed E-state index contributed by atoms with van der Waals surface area (Å²) >= 11 is 5.56. The van der Waals surface area contributed by atoms with Gasteiger partial charge in [-0.3, -0.25) is 0 Å². The smallest absolute Gasteiger partial charge is 0.149 e. The molecule has 0 aliphatic carbocycles. The second kappa shape index (κ2) is 4.07. The Labute approximate surface area is 76.5 Å². The van der Waals surface area contributed by atoms with Gasteiger partial charge >= 0.3 is 0 Å². The monoisotopic (exact) mass is 183 g/mol. The summed E-state index contributed by atoms with van der Waals surface area (Å²) < 4.78 is 0. The van der Waals surface area contributed by atoms with Crippen molar-refractivity contribution in [3.8, 4) is 0 Å². The van der Waals surface area contributed by atoms with Crippen molar-refractivity contribution in [2.45, 2.75) is 6.92 Å². The Hall–Kier alpha value is -1.09. The fourth-order valence-electron chi connectivity index (χ4n) is 0.737. The van der Waals surface area contributed by atoms with Crippen molar-refractivity contribution in [3.63, 3.8) is 0 Å². The van der Waals surface area contributed by atoms with Gasteiger partial charge in [-0.1, -0.05) is 18.2 Å². The van der Waals surface area contributed by atoms with E-state index in [1.54, 1.807) is 6.20 Å². The van der Waals surface area contributed by atoms with Gasteiger partial charge in [0.2, 0.25) is 0 Å². The molecule has 0 aliphatic rings. The van der Waals surface area contributed by atoms with Crippen molar-refractivity contribution in [2.24, 2.45) is 0 Å². The second-order valence-electron chi connectivity index (χ2n) is 2.49. The highest BCUT2D eigenvalue weighted by Gasteiger charge is 1.94. The topological polar surface area (TPSA) is 37.8 Å². The van der Waals surface area contributed by atoms with Crippen molar-refractivity contribution in [3.05, 3.63) is 29.4 Å². The molecular formula is C8H10ClN3. The molecule has 1 rings (SSSR count). The molecule has 0 saturated heterocycles. The lowest BCUT2D eigenvalue weighted by Crippen LogP contribution is -2.03. The first-order valence-corrected chi connectivity index (χ1v) is 3.93. The predicted octanol–water partition coefficient (Wildman–Crippen LogP) is 1.95. The van der Waals surface area contributed by atoms with Crippen LogP contribution in [0.5, 0.6) is 0 Å². The van der Waals surface area contributed by atoms with Gasteiger partial charge in [0.1, 0.15) is 5.82 Å². The Balaban J connectivity index is 2.57. The van der Waals surface area contributed by atoms with Crippen molar-refractivity contribution >= 4 is 17.4 Å². The number of hydrogen-bond donors (Lipinski definition) is 1. The normalized spacial score (nSPS) is 9.50. The zero-order valence-corrected chi connectivity index (χ0v) is 7.60. The van der Waals surface area contributed by atoms with Gasteiger partial charge in [0, 0.05) is 5.03 Å². The highest BCUT2D eigenvalue weighted by atomic mass is 35.5. The summed E-state index contributed by atoms with van der Waals surface area (Å²) in [5.41, 5.74) is 1.06. The lowest BCUT2D eigenvalue weighted by atomic mass is 10.3. The van der Waals surface area contributed by atoms with Crippen molar-refractivity contribution in [1.82, 2.24) is 10.2 Å². The molecular weight excluding hydrogens is 174 g/mol. The highest BCUT2D eigenvalue weighted by molar-refractivity contribution is 6.29. The number of nitrogens with zero attached hydrogens (tertiary/aromatic N) is 2. The van der Waals surface area contributed by atoms with Gasteiger partial charge < -0.3 is 5.32 Å². The summed E-state index contributed by atoms with van der Waals surface area (Å²) in [7, 11) is 0. The molecule has 0 amide bonds. The molecule has 1 aromatic rings. The third-order valence-electron chi connectivity index (χ3n) is 1.25. The zero-order valence-electron chi connectivity index (χ0n) is 6.84. The Kier molecular flexibility index (Phi) is 3.05. The van der Waals surface area contributed by atoms with Crippen molar-refractivity contribution in [1.29, 1.82) is 0 Å². The number of hydrogen-bond acceptors (Lipinski definition) is 3. The number of aryl methyl sites for hydroxylation is 1. The molecule has 3 nitrogen and oxygen atoms in total. The molecule has 0 unspecified atom stereocenters. The largest absolute Gasteiger partial charge is 0.364 e. The van der Waals surface area contributed by atoms with Crippen molar-refractivity contribution in [2.75, 3.05) is 11.9 Å². The summed E-state index contributed by atoms with van der Waals surface area (Å²) in [6, 6.07) is 1.90. The highest BCUT2D eigenvalue weighted by Crippen LogP contribution is 2.04. The molecule has 1 heterocycles. The quantitative estimate of drug-likeness (QED) is 0.779. The number of halogens is 1. The number of aromatic nitrogens is 2. The van der Waals surface area contributed by atoms with E-state index < -0.39 is 0 Å². The minimum absolute atomic E-state index is 0.514. The average Bonchev–Trinajstić information content (AvgIpc) is 2.01. The Morgan fingerprint density at radius 2 is 2.50 bits per heavy atom. The zero-order chi connectivity index (χ0) is 8.97. The number of nitrogens with one attached hydrogen (secondary N) is 1. The molecule has 0 bridgehead atoms. The molecule has 0 fully saturated rings. The van der Waals surface area contributed by atoms with Crippen LogP contribution in [0.4, 0.5) is 5.82 Å². The first-order chi connectivity index (χ1) is 5.68. The van der Waals surface area contributed by atoms with Crippen LogP contribution in [0.1, 0.15) is 5.56 Å². The molecule has 1 N–H and O–H groups in total. The number of anilines is 1. The molecule has 12 heavy (non-hydrogen) atoms. The molecule has 0 saturated carbocycles. The van der Waals surface area contributed by atoms with Gasteiger partial charge in [-0.15, -0.1) is 5.10 Å². The standard InChI is InChI=1S/C8H10ClN3/c1-6-3-8(12-11-4-6)10-5-7(2)9/h3-4H,2,5H2,1H3,(H,10,12). The lowest BCUT2D eigenvalue weighted by molar-refractivity contribution is 1.01. The molecule has 1 aromatic heterocycles. The van der Waals surface area contributed by atoms with Crippen LogP contribution in [-0.2, 0) is 0 Å². The minimum atomic E-state index is 0.514. The van der Waals surface area contributed by atoms with Gasteiger partial charge in [-0.25, -0.2) is 0 Å². The second-order valence-corrected chi connectivity index (χ2v) is 3.02. The summed E-state index contributed by atoms with van der Waals surface area (Å²) in [6.07, 6.45) is 1.70. The molecule has 0 aliphatic heterocycles. The van der Waals surface area contributed by atoms with E-state index in [4.69, 9.17) is 11.6 Å². The SMILES string of the molecule is C=C(Cl)CNc1cc(C)cnn1. The summed E-state index contributed by atoms with van der Waals surface area (Å²) in [6.45, 7) is 6.01. The van der Waals surface area contributed by atoms with E-state index in [0.717, 1.165) is 11.4 Å². The molecule has 0 radical (unpaired) electrons. The van der Waals surface area contributed by atoms with E-state index >= 15 is 0 Å². The van der Waals surface area contributed by atoms with E-state index in [2.05, 4.69) is 22.1 Å². The average molecular weight is 184 g/mol. The van der Waals surface area contributed by atoms with Crippen LogP contribution in [-0.4, -0.2) is 16.7 Å². The molecule has 0 spiro atoms. The predicted molar refractivity (Wildman–Crippen MR) is 50.3 cm³/mol. The van der Waals surface area contributed by atoms with Crippen LogP contribution < -0.4 is 5.32 Å². The third-order valence-corrected chi connectivity index (χ3v) is 1.39. The van der Waals surface area contributed by atoms with E-state index in [1.165, 1.54) is 0 Å². The third kappa shape index (κ3) is 2.88. The fourth-order valence-corrected chi connectivity index (χ4v) is 0.804.